The third-order valence-electron chi connectivity index (χ3n) is 6.05. The quantitative estimate of drug-likeness (QED) is 0.465. The summed E-state index contributed by atoms with van der Waals surface area (Å²) in [5.41, 5.74) is 4.51. The largest absolute Gasteiger partial charge is 0.481 e. The van der Waals surface area contributed by atoms with E-state index in [9.17, 15) is 19.1 Å². The van der Waals surface area contributed by atoms with E-state index in [0.717, 1.165) is 18.9 Å². The molecular weight excluding hydrogens is 427 g/mol. The minimum absolute atomic E-state index is 0.0819. The van der Waals surface area contributed by atoms with Gasteiger partial charge in [-0.3, -0.25) is 9.59 Å². The normalized spacial score (nSPS) is 16.7. The number of aliphatic carboxylic acids is 1. The molecular formula is C23H31FN6O3. The number of nitrogens with one attached hydrogen (secondary N) is 2. The van der Waals surface area contributed by atoms with Crippen LogP contribution in [0.15, 0.2) is 36.7 Å². The maximum absolute atomic E-state index is 14.9. The number of halogens is 1. The molecule has 1 aliphatic heterocycles. The lowest BCUT2D eigenvalue weighted by molar-refractivity contribution is -0.139. The molecule has 1 unspecified atom stereocenters. The lowest BCUT2D eigenvalue weighted by Gasteiger charge is -2.41. The molecule has 0 saturated carbocycles. The molecule has 0 aliphatic carbocycles. The second kappa shape index (κ2) is 9.70. The zero-order valence-electron chi connectivity index (χ0n) is 19.1. The van der Waals surface area contributed by atoms with Gasteiger partial charge in [0, 0.05) is 37.1 Å². The van der Waals surface area contributed by atoms with E-state index in [-0.39, 0.29) is 11.6 Å². The standard InChI is InChI=1S/C23H31FN6O3/c1-22(2,3)23(25,14-19(31)32)29-20(33)15-5-6-18(17(24)13-15)30-11-7-16(8-12-30)28-21-26-9-4-10-27-21/h4-6,9-10,13,16H,7-8,11-12,14,25H2,1-3H3,(H,29,33)(H,31,32)(H,26,27,28). The van der Waals surface area contributed by atoms with Crippen molar-refractivity contribution < 1.29 is 19.1 Å². The van der Waals surface area contributed by atoms with Crippen molar-refractivity contribution in [3.63, 3.8) is 0 Å². The zero-order chi connectivity index (χ0) is 24.2. The van der Waals surface area contributed by atoms with E-state index in [1.807, 2.05) is 4.90 Å². The third-order valence-corrected chi connectivity index (χ3v) is 6.05. The topological polar surface area (TPSA) is 133 Å². The lowest BCUT2D eigenvalue weighted by atomic mass is 9.78. The van der Waals surface area contributed by atoms with E-state index in [1.165, 1.54) is 6.07 Å². The van der Waals surface area contributed by atoms with Crippen molar-refractivity contribution in [2.75, 3.05) is 23.3 Å². The number of carbonyl (C=O) groups is 2. The highest BCUT2D eigenvalue weighted by Gasteiger charge is 2.41. The molecule has 2 heterocycles. The van der Waals surface area contributed by atoms with Gasteiger partial charge >= 0.3 is 5.97 Å². The number of rotatable bonds is 7. The molecule has 10 heteroatoms. The Labute approximate surface area is 192 Å². The van der Waals surface area contributed by atoms with Crippen molar-refractivity contribution in [3.8, 4) is 0 Å². The van der Waals surface area contributed by atoms with Gasteiger partial charge in [0.1, 0.15) is 11.5 Å². The first kappa shape index (κ1) is 24.4. The van der Waals surface area contributed by atoms with Crippen LogP contribution in [0.5, 0.6) is 0 Å². The predicted molar refractivity (Wildman–Crippen MR) is 123 cm³/mol. The summed E-state index contributed by atoms with van der Waals surface area (Å²) in [6, 6.07) is 6.21. The van der Waals surface area contributed by atoms with Crippen LogP contribution in [0.2, 0.25) is 0 Å². The summed E-state index contributed by atoms with van der Waals surface area (Å²) in [5.74, 6) is -1.69. The maximum Gasteiger partial charge on any atom is 0.307 e. The minimum atomic E-state index is -1.50. The number of carboxylic acids is 1. The lowest BCUT2D eigenvalue weighted by Crippen LogP contribution is -2.64. The van der Waals surface area contributed by atoms with E-state index in [2.05, 4.69) is 20.6 Å². The van der Waals surface area contributed by atoms with Gasteiger partial charge in [0.25, 0.3) is 5.91 Å². The van der Waals surface area contributed by atoms with E-state index in [0.29, 0.717) is 24.7 Å². The molecule has 1 aromatic heterocycles. The number of hydrogen-bond acceptors (Lipinski definition) is 7. The first-order valence-corrected chi connectivity index (χ1v) is 10.9. The van der Waals surface area contributed by atoms with Crippen molar-refractivity contribution >= 4 is 23.5 Å². The Kier molecular flexibility index (Phi) is 7.16. The van der Waals surface area contributed by atoms with Gasteiger partial charge in [-0.1, -0.05) is 20.8 Å². The molecule has 1 amide bonds. The van der Waals surface area contributed by atoms with E-state index in [1.54, 1.807) is 45.3 Å². The van der Waals surface area contributed by atoms with Gasteiger partial charge in [-0.05, 0) is 42.5 Å². The number of carbonyl (C=O) groups excluding carboxylic acids is 1. The average Bonchev–Trinajstić information content (AvgIpc) is 2.74. The number of carboxylic acid groups (broad SMARTS) is 1. The van der Waals surface area contributed by atoms with Crippen LogP contribution in [0.1, 0.15) is 50.4 Å². The molecule has 0 bridgehead atoms. The fraction of sp³-hybridized carbons (Fsp3) is 0.478. The fourth-order valence-corrected chi connectivity index (χ4v) is 3.74. The van der Waals surface area contributed by atoms with Crippen LogP contribution in [0.4, 0.5) is 16.0 Å². The molecule has 1 aliphatic rings. The van der Waals surface area contributed by atoms with Crippen LogP contribution in [-0.2, 0) is 4.79 Å². The fourth-order valence-electron chi connectivity index (χ4n) is 3.74. The van der Waals surface area contributed by atoms with Crippen molar-refractivity contribution in [2.24, 2.45) is 11.1 Å². The zero-order valence-corrected chi connectivity index (χ0v) is 19.1. The summed E-state index contributed by atoms with van der Waals surface area (Å²) in [5, 5.41) is 15.1. The summed E-state index contributed by atoms with van der Waals surface area (Å²) in [6.45, 7) is 6.50. The number of amides is 1. The Balaban J connectivity index is 1.65. The monoisotopic (exact) mass is 458 g/mol. The van der Waals surface area contributed by atoms with Crippen molar-refractivity contribution in [1.82, 2.24) is 15.3 Å². The van der Waals surface area contributed by atoms with Crippen LogP contribution in [0.25, 0.3) is 0 Å². The molecule has 1 fully saturated rings. The van der Waals surface area contributed by atoms with Gasteiger partial charge in [-0.2, -0.15) is 0 Å². The number of benzene rings is 1. The second-order valence-corrected chi connectivity index (χ2v) is 9.39. The Morgan fingerprint density at radius 2 is 1.85 bits per heavy atom. The summed E-state index contributed by atoms with van der Waals surface area (Å²) in [7, 11) is 0. The average molecular weight is 459 g/mol. The van der Waals surface area contributed by atoms with Crippen molar-refractivity contribution in [2.45, 2.75) is 51.7 Å². The summed E-state index contributed by atoms with van der Waals surface area (Å²) in [4.78, 5) is 34.3. The smallest absolute Gasteiger partial charge is 0.307 e. The number of piperidine rings is 1. The Morgan fingerprint density at radius 3 is 2.39 bits per heavy atom. The highest BCUT2D eigenvalue weighted by Crippen LogP contribution is 2.30. The minimum Gasteiger partial charge on any atom is -0.481 e. The molecule has 33 heavy (non-hydrogen) atoms. The van der Waals surface area contributed by atoms with E-state index in [4.69, 9.17) is 5.73 Å². The van der Waals surface area contributed by atoms with Gasteiger partial charge in [-0.25, -0.2) is 14.4 Å². The first-order valence-electron chi connectivity index (χ1n) is 10.9. The molecule has 9 nitrogen and oxygen atoms in total. The van der Waals surface area contributed by atoms with Crippen LogP contribution in [0.3, 0.4) is 0 Å². The Bertz CT molecular complexity index is 989. The number of nitrogens with zero attached hydrogens (tertiary/aromatic N) is 3. The second-order valence-electron chi connectivity index (χ2n) is 9.39. The van der Waals surface area contributed by atoms with E-state index >= 15 is 0 Å². The van der Waals surface area contributed by atoms with Crippen molar-refractivity contribution in [1.29, 1.82) is 0 Å². The highest BCUT2D eigenvalue weighted by molar-refractivity contribution is 5.95. The molecule has 0 radical (unpaired) electrons. The van der Waals surface area contributed by atoms with Gasteiger partial charge in [0.05, 0.1) is 12.1 Å². The van der Waals surface area contributed by atoms with Crippen molar-refractivity contribution in [3.05, 3.63) is 48.0 Å². The molecule has 5 N–H and O–H groups in total. The highest BCUT2D eigenvalue weighted by atomic mass is 19.1. The SMILES string of the molecule is CC(C)(C)C(N)(CC(=O)O)NC(=O)c1ccc(N2CCC(Nc3ncccn3)CC2)c(F)c1. The molecule has 0 spiro atoms. The van der Waals surface area contributed by atoms with Crippen LogP contribution < -0.4 is 21.3 Å². The number of aromatic nitrogens is 2. The molecule has 3 rings (SSSR count). The Morgan fingerprint density at radius 1 is 1.21 bits per heavy atom. The number of anilines is 2. The van der Waals surface area contributed by atoms with Crippen LogP contribution >= 0.6 is 0 Å². The van der Waals surface area contributed by atoms with E-state index < -0.39 is 35.2 Å². The third kappa shape index (κ3) is 5.95. The predicted octanol–water partition coefficient (Wildman–Crippen LogP) is 2.60. The van der Waals surface area contributed by atoms with Gasteiger partial charge in [0.15, 0.2) is 0 Å². The van der Waals surface area contributed by atoms with Crippen LogP contribution in [-0.4, -0.2) is 51.7 Å². The Hall–Kier alpha value is -3.27. The first-order chi connectivity index (χ1) is 15.5. The molecule has 178 valence electrons. The summed E-state index contributed by atoms with van der Waals surface area (Å²) >= 11 is 0. The molecule has 1 atom stereocenters. The number of nitrogens with two attached hydrogens (primary N) is 1. The van der Waals surface area contributed by atoms with Crippen LogP contribution in [0, 0.1) is 11.2 Å². The molecule has 2 aromatic rings. The van der Waals surface area contributed by atoms with Gasteiger partial charge in [0.2, 0.25) is 5.95 Å². The molecule has 1 aromatic carbocycles. The number of hydrogen-bond donors (Lipinski definition) is 4. The molecule has 1 saturated heterocycles. The van der Waals surface area contributed by atoms with Gasteiger partial charge in [-0.15, -0.1) is 0 Å². The maximum atomic E-state index is 14.9. The summed E-state index contributed by atoms with van der Waals surface area (Å²) in [6.07, 6.45) is 4.47. The summed E-state index contributed by atoms with van der Waals surface area (Å²) < 4.78 is 14.9. The van der Waals surface area contributed by atoms with Gasteiger partial charge < -0.3 is 26.4 Å².